The van der Waals surface area contributed by atoms with Crippen molar-refractivity contribution >= 4 is 17.5 Å². The minimum absolute atomic E-state index is 0.106. The third-order valence-electron chi connectivity index (χ3n) is 4.13. The van der Waals surface area contributed by atoms with Crippen LogP contribution in [0.4, 0.5) is 0 Å². The number of halogens is 1. The standard InChI is InChI=1S/C17H14ClNO3/c18-13-4-2-12(3-5-13)17(7-8-17)19-16(20)11-1-6-14-15(9-11)22-10-21-14/h1-6,9H,7-8,10H2,(H,19,20). The summed E-state index contributed by atoms with van der Waals surface area (Å²) in [6.45, 7) is 0.203. The van der Waals surface area contributed by atoms with Crippen LogP contribution in [-0.4, -0.2) is 12.7 Å². The largest absolute Gasteiger partial charge is 0.454 e. The van der Waals surface area contributed by atoms with Gasteiger partial charge in [0.05, 0.1) is 5.54 Å². The second kappa shape index (κ2) is 4.92. The summed E-state index contributed by atoms with van der Waals surface area (Å²) in [5, 5.41) is 3.83. The molecule has 0 bridgehead atoms. The maximum Gasteiger partial charge on any atom is 0.252 e. The van der Waals surface area contributed by atoms with Crippen LogP contribution in [0.2, 0.25) is 5.02 Å². The van der Waals surface area contributed by atoms with E-state index in [-0.39, 0.29) is 18.2 Å². The summed E-state index contributed by atoms with van der Waals surface area (Å²) in [6.07, 6.45) is 1.87. The summed E-state index contributed by atoms with van der Waals surface area (Å²) < 4.78 is 10.6. The first-order valence-electron chi connectivity index (χ1n) is 7.15. The Labute approximate surface area is 133 Å². The molecule has 2 aromatic carbocycles. The molecule has 2 aliphatic rings. The van der Waals surface area contributed by atoms with Crippen molar-refractivity contribution in [1.82, 2.24) is 5.32 Å². The summed E-state index contributed by atoms with van der Waals surface area (Å²) in [6, 6.07) is 12.9. The molecule has 0 spiro atoms. The number of carbonyl (C=O) groups excluding carboxylic acids is 1. The van der Waals surface area contributed by atoms with Gasteiger partial charge in [-0.3, -0.25) is 4.79 Å². The molecule has 4 nitrogen and oxygen atoms in total. The van der Waals surface area contributed by atoms with Crippen LogP contribution in [-0.2, 0) is 5.54 Å². The van der Waals surface area contributed by atoms with E-state index in [9.17, 15) is 4.79 Å². The van der Waals surface area contributed by atoms with Crippen molar-refractivity contribution in [3.8, 4) is 11.5 Å². The van der Waals surface area contributed by atoms with E-state index in [1.807, 2.05) is 24.3 Å². The van der Waals surface area contributed by atoms with Crippen molar-refractivity contribution in [2.24, 2.45) is 0 Å². The highest BCUT2D eigenvalue weighted by Gasteiger charge is 2.45. The van der Waals surface area contributed by atoms with Crippen molar-refractivity contribution < 1.29 is 14.3 Å². The molecule has 2 aromatic rings. The number of benzene rings is 2. The lowest BCUT2D eigenvalue weighted by Gasteiger charge is -2.18. The molecule has 0 aromatic heterocycles. The molecule has 1 saturated carbocycles. The van der Waals surface area contributed by atoms with E-state index in [4.69, 9.17) is 21.1 Å². The molecule has 1 fully saturated rings. The smallest absolute Gasteiger partial charge is 0.252 e. The number of rotatable bonds is 3. The first-order valence-corrected chi connectivity index (χ1v) is 7.52. The Balaban J connectivity index is 1.55. The van der Waals surface area contributed by atoms with E-state index < -0.39 is 0 Å². The van der Waals surface area contributed by atoms with E-state index in [0.717, 1.165) is 18.4 Å². The predicted molar refractivity (Wildman–Crippen MR) is 82.4 cm³/mol. The molecule has 5 heteroatoms. The third kappa shape index (κ3) is 2.29. The fraction of sp³-hybridized carbons (Fsp3) is 0.235. The summed E-state index contributed by atoms with van der Waals surface area (Å²) in [5.74, 6) is 1.19. The zero-order chi connectivity index (χ0) is 15.2. The van der Waals surface area contributed by atoms with Crippen molar-refractivity contribution in [3.05, 3.63) is 58.6 Å². The normalized spacial score (nSPS) is 17.1. The van der Waals surface area contributed by atoms with Crippen LogP contribution < -0.4 is 14.8 Å². The summed E-state index contributed by atoms with van der Waals surface area (Å²) >= 11 is 5.92. The summed E-state index contributed by atoms with van der Waals surface area (Å²) in [4.78, 5) is 12.5. The highest BCUT2D eigenvalue weighted by molar-refractivity contribution is 6.30. The Bertz CT molecular complexity index is 738. The van der Waals surface area contributed by atoms with Crippen LogP contribution in [0.5, 0.6) is 11.5 Å². The molecule has 0 atom stereocenters. The van der Waals surface area contributed by atoms with E-state index in [2.05, 4.69) is 5.32 Å². The molecule has 1 aliphatic carbocycles. The van der Waals surface area contributed by atoms with E-state index in [1.54, 1.807) is 18.2 Å². The Morgan fingerprint density at radius 3 is 2.50 bits per heavy atom. The Morgan fingerprint density at radius 1 is 1.05 bits per heavy atom. The third-order valence-corrected chi connectivity index (χ3v) is 4.39. The lowest BCUT2D eigenvalue weighted by atomic mass is 10.0. The fourth-order valence-electron chi connectivity index (χ4n) is 2.71. The van der Waals surface area contributed by atoms with E-state index >= 15 is 0 Å². The average molecular weight is 316 g/mol. The maximum absolute atomic E-state index is 12.5. The highest BCUT2D eigenvalue weighted by atomic mass is 35.5. The average Bonchev–Trinajstić information content (AvgIpc) is 3.14. The molecular formula is C17H14ClNO3. The number of fused-ring (bicyclic) bond motifs is 1. The molecule has 4 rings (SSSR count). The van der Waals surface area contributed by atoms with Gasteiger partial charge in [0, 0.05) is 10.6 Å². The highest BCUT2D eigenvalue weighted by Crippen LogP contribution is 2.46. The number of nitrogens with one attached hydrogen (secondary N) is 1. The summed E-state index contributed by atoms with van der Waals surface area (Å²) in [5.41, 5.74) is 1.40. The Hall–Kier alpha value is -2.20. The zero-order valence-corrected chi connectivity index (χ0v) is 12.5. The van der Waals surface area contributed by atoms with Crippen molar-refractivity contribution in [2.45, 2.75) is 18.4 Å². The van der Waals surface area contributed by atoms with E-state index in [0.29, 0.717) is 22.1 Å². The molecule has 1 heterocycles. The van der Waals surface area contributed by atoms with Crippen molar-refractivity contribution in [3.63, 3.8) is 0 Å². The minimum atomic E-state index is -0.266. The lowest BCUT2D eigenvalue weighted by molar-refractivity contribution is 0.0930. The van der Waals surface area contributed by atoms with Crippen LogP contribution in [0.3, 0.4) is 0 Å². The maximum atomic E-state index is 12.5. The van der Waals surface area contributed by atoms with Gasteiger partial charge in [-0.2, -0.15) is 0 Å². The second-order valence-corrected chi connectivity index (χ2v) is 6.05. The number of carbonyl (C=O) groups is 1. The van der Waals surface area contributed by atoms with Gasteiger partial charge in [-0.25, -0.2) is 0 Å². The molecular weight excluding hydrogens is 302 g/mol. The van der Waals surface area contributed by atoms with Gasteiger partial charge < -0.3 is 14.8 Å². The summed E-state index contributed by atoms with van der Waals surface area (Å²) in [7, 11) is 0. The number of hydrogen-bond donors (Lipinski definition) is 1. The molecule has 112 valence electrons. The second-order valence-electron chi connectivity index (χ2n) is 5.61. The SMILES string of the molecule is O=C(NC1(c2ccc(Cl)cc2)CC1)c1ccc2c(c1)OCO2. The van der Waals surface area contributed by atoms with Gasteiger partial charge in [0.15, 0.2) is 11.5 Å². The van der Waals surface area contributed by atoms with Crippen molar-refractivity contribution in [2.75, 3.05) is 6.79 Å². The van der Waals surface area contributed by atoms with Gasteiger partial charge in [0.25, 0.3) is 5.91 Å². The van der Waals surface area contributed by atoms with Crippen LogP contribution in [0.25, 0.3) is 0 Å². The molecule has 0 radical (unpaired) electrons. The molecule has 0 saturated heterocycles. The number of amides is 1. The quantitative estimate of drug-likeness (QED) is 0.943. The van der Waals surface area contributed by atoms with Crippen LogP contribution >= 0.6 is 11.6 Å². The van der Waals surface area contributed by atoms with Gasteiger partial charge in [0.1, 0.15) is 0 Å². The van der Waals surface area contributed by atoms with Gasteiger partial charge in [-0.1, -0.05) is 23.7 Å². The molecule has 0 unspecified atom stereocenters. The van der Waals surface area contributed by atoms with Crippen molar-refractivity contribution in [1.29, 1.82) is 0 Å². The van der Waals surface area contributed by atoms with Gasteiger partial charge in [-0.05, 0) is 48.7 Å². The fourth-order valence-corrected chi connectivity index (χ4v) is 2.83. The molecule has 1 aliphatic heterocycles. The molecule has 1 N–H and O–H groups in total. The molecule has 1 amide bonds. The van der Waals surface area contributed by atoms with Gasteiger partial charge in [-0.15, -0.1) is 0 Å². The predicted octanol–water partition coefficient (Wildman–Crippen LogP) is 3.49. The zero-order valence-electron chi connectivity index (χ0n) is 11.8. The van der Waals surface area contributed by atoms with Gasteiger partial charge in [0.2, 0.25) is 6.79 Å². The Kier molecular flexibility index (Phi) is 3.01. The van der Waals surface area contributed by atoms with Gasteiger partial charge >= 0.3 is 0 Å². The molecule has 22 heavy (non-hydrogen) atoms. The monoisotopic (exact) mass is 315 g/mol. The minimum Gasteiger partial charge on any atom is -0.454 e. The Morgan fingerprint density at radius 2 is 1.77 bits per heavy atom. The lowest BCUT2D eigenvalue weighted by Crippen LogP contribution is -2.34. The van der Waals surface area contributed by atoms with E-state index in [1.165, 1.54) is 0 Å². The first kappa shape index (κ1) is 13.5. The number of ether oxygens (including phenoxy) is 2. The van der Waals surface area contributed by atoms with Crippen LogP contribution in [0.1, 0.15) is 28.8 Å². The topological polar surface area (TPSA) is 47.6 Å². The number of hydrogen-bond acceptors (Lipinski definition) is 3. The van der Waals surface area contributed by atoms with Crippen LogP contribution in [0.15, 0.2) is 42.5 Å². The first-order chi connectivity index (χ1) is 10.7. The van der Waals surface area contributed by atoms with Crippen LogP contribution in [0, 0.1) is 0 Å².